The molecule has 31 heavy (non-hydrogen) atoms. The van der Waals surface area contributed by atoms with Crippen molar-refractivity contribution in [1.82, 2.24) is 15.2 Å². The molecule has 0 saturated heterocycles. The molecule has 0 bridgehead atoms. The Kier molecular flexibility index (Phi) is 6.39. The third-order valence-corrected chi connectivity index (χ3v) is 5.70. The fourth-order valence-electron chi connectivity index (χ4n) is 3.43. The Balaban J connectivity index is 1.52. The molecule has 4 rings (SSSR count). The highest BCUT2D eigenvalue weighted by molar-refractivity contribution is 7.22. The van der Waals surface area contributed by atoms with E-state index in [1.165, 1.54) is 11.3 Å². The van der Waals surface area contributed by atoms with Crippen molar-refractivity contribution < 1.29 is 13.6 Å². The third kappa shape index (κ3) is 5.53. The van der Waals surface area contributed by atoms with Crippen LogP contribution in [0.3, 0.4) is 0 Å². The molecule has 1 aromatic carbocycles. The number of benzene rings is 1. The molecular weight excluding hydrogens is 412 g/mol. The quantitative estimate of drug-likeness (QED) is 0.383. The molecule has 2 amide bonds. The van der Waals surface area contributed by atoms with E-state index in [1.54, 1.807) is 0 Å². The third-order valence-electron chi connectivity index (χ3n) is 4.77. The lowest BCUT2D eigenvalue weighted by Crippen LogP contribution is -2.28. The molecule has 0 fully saturated rings. The normalized spacial score (nSPS) is 11.4. The van der Waals surface area contributed by atoms with Gasteiger partial charge in [-0.25, -0.2) is 9.78 Å². The first-order valence-electron chi connectivity index (χ1n) is 10.3. The molecule has 0 aliphatic heterocycles. The number of nitrogens with one attached hydrogen (secondary N) is 2. The molecule has 0 saturated carbocycles. The number of aryl methyl sites for hydroxylation is 2. The fourth-order valence-corrected chi connectivity index (χ4v) is 4.35. The number of aromatic nitrogens is 1. The number of carbonyl (C=O) groups is 1. The zero-order valence-corrected chi connectivity index (χ0v) is 18.7. The summed E-state index contributed by atoms with van der Waals surface area (Å²) in [5.74, 6) is 3.66. The number of furan rings is 2. The maximum absolute atomic E-state index is 11.8. The van der Waals surface area contributed by atoms with E-state index in [-0.39, 0.29) is 6.03 Å². The van der Waals surface area contributed by atoms with Crippen molar-refractivity contribution in [2.45, 2.75) is 40.4 Å². The van der Waals surface area contributed by atoms with E-state index in [2.05, 4.69) is 32.7 Å². The van der Waals surface area contributed by atoms with Crippen LogP contribution in [0.25, 0.3) is 10.2 Å². The van der Waals surface area contributed by atoms with Crippen LogP contribution in [0.5, 0.6) is 0 Å². The van der Waals surface area contributed by atoms with Crippen LogP contribution in [-0.2, 0) is 19.6 Å². The van der Waals surface area contributed by atoms with Gasteiger partial charge in [-0.2, -0.15) is 0 Å². The zero-order chi connectivity index (χ0) is 21.8. The number of carbonyl (C=O) groups excluding carboxylic acids is 1. The first-order chi connectivity index (χ1) is 15.0. The molecule has 4 aromatic rings. The smallest absolute Gasteiger partial charge is 0.321 e. The molecular formula is C23H26N4O3S. The summed E-state index contributed by atoms with van der Waals surface area (Å²) >= 11 is 1.47. The van der Waals surface area contributed by atoms with Crippen LogP contribution in [0.1, 0.15) is 35.5 Å². The van der Waals surface area contributed by atoms with Gasteiger partial charge in [0.15, 0.2) is 5.13 Å². The van der Waals surface area contributed by atoms with Crippen molar-refractivity contribution in [2.24, 2.45) is 0 Å². The van der Waals surface area contributed by atoms with Gasteiger partial charge in [0.05, 0.1) is 23.3 Å². The highest BCUT2D eigenvalue weighted by Gasteiger charge is 2.14. The average Bonchev–Trinajstić information content (AvgIpc) is 3.41. The minimum Gasteiger partial charge on any atom is -0.465 e. The number of thiazole rings is 1. The summed E-state index contributed by atoms with van der Waals surface area (Å²) in [6.45, 7) is 8.44. The van der Waals surface area contributed by atoms with Gasteiger partial charge in [0.2, 0.25) is 0 Å². The van der Waals surface area contributed by atoms with Crippen LogP contribution in [0, 0.1) is 13.8 Å². The van der Waals surface area contributed by atoms with Crippen molar-refractivity contribution in [3.63, 3.8) is 0 Å². The monoisotopic (exact) mass is 438 g/mol. The topological polar surface area (TPSA) is 83.5 Å². The molecule has 0 unspecified atom stereocenters. The summed E-state index contributed by atoms with van der Waals surface area (Å²) in [5.41, 5.74) is 2.03. The van der Waals surface area contributed by atoms with E-state index in [4.69, 9.17) is 8.83 Å². The molecule has 3 aromatic heterocycles. The average molecular weight is 439 g/mol. The van der Waals surface area contributed by atoms with Crippen molar-refractivity contribution in [1.29, 1.82) is 0 Å². The first kappa shape index (κ1) is 21.1. The summed E-state index contributed by atoms with van der Waals surface area (Å²) in [4.78, 5) is 18.6. The van der Waals surface area contributed by atoms with E-state index in [9.17, 15) is 4.79 Å². The second-order valence-electron chi connectivity index (χ2n) is 7.48. The van der Waals surface area contributed by atoms with E-state index < -0.39 is 0 Å². The summed E-state index contributed by atoms with van der Waals surface area (Å²) < 4.78 is 12.6. The van der Waals surface area contributed by atoms with Gasteiger partial charge in [-0.3, -0.25) is 10.2 Å². The number of urea groups is 1. The van der Waals surface area contributed by atoms with Crippen molar-refractivity contribution in [2.75, 3.05) is 11.9 Å². The van der Waals surface area contributed by atoms with Crippen molar-refractivity contribution in [3.8, 4) is 0 Å². The van der Waals surface area contributed by atoms with Crippen LogP contribution < -0.4 is 10.6 Å². The molecule has 7 nitrogen and oxygen atoms in total. The largest absolute Gasteiger partial charge is 0.465 e. The molecule has 0 atom stereocenters. The SMILES string of the molecule is CCNC(=O)Nc1nc2ccc(CN(Cc3ccc(C)o3)Cc3ccc(C)o3)cc2s1. The van der Waals surface area contributed by atoms with Crippen molar-refractivity contribution >= 4 is 32.7 Å². The Hall–Kier alpha value is -3.10. The minimum atomic E-state index is -0.240. The molecule has 0 radical (unpaired) electrons. The van der Waals surface area contributed by atoms with Crippen LogP contribution >= 0.6 is 11.3 Å². The van der Waals surface area contributed by atoms with E-state index in [0.29, 0.717) is 24.8 Å². The van der Waals surface area contributed by atoms with Gasteiger partial charge < -0.3 is 14.2 Å². The maximum atomic E-state index is 11.8. The lowest BCUT2D eigenvalue weighted by atomic mass is 10.2. The number of hydrogen-bond donors (Lipinski definition) is 2. The lowest BCUT2D eigenvalue weighted by Gasteiger charge is -2.20. The summed E-state index contributed by atoms with van der Waals surface area (Å²) in [7, 11) is 0. The Morgan fingerprint density at radius 3 is 2.26 bits per heavy atom. The summed E-state index contributed by atoms with van der Waals surface area (Å²) in [5, 5.41) is 6.09. The maximum Gasteiger partial charge on any atom is 0.321 e. The highest BCUT2D eigenvalue weighted by Crippen LogP contribution is 2.28. The van der Waals surface area contributed by atoms with Crippen LogP contribution in [0.2, 0.25) is 0 Å². The molecule has 162 valence electrons. The Bertz CT molecular complexity index is 1130. The number of hydrogen-bond acceptors (Lipinski definition) is 6. The Morgan fingerprint density at radius 1 is 1.00 bits per heavy atom. The van der Waals surface area contributed by atoms with Gasteiger partial charge >= 0.3 is 6.03 Å². The van der Waals surface area contributed by atoms with Crippen LogP contribution in [0.4, 0.5) is 9.93 Å². The zero-order valence-electron chi connectivity index (χ0n) is 17.9. The van der Waals surface area contributed by atoms with Gasteiger partial charge in [-0.15, -0.1) is 0 Å². The van der Waals surface area contributed by atoms with Gasteiger partial charge in [-0.05, 0) is 62.7 Å². The minimum absolute atomic E-state index is 0.240. The predicted octanol–water partition coefficient (Wildman–Crippen LogP) is 5.44. The van der Waals surface area contributed by atoms with E-state index in [0.717, 1.165) is 45.4 Å². The number of nitrogens with zero attached hydrogens (tertiary/aromatic N) is 2. The lowest BCUT2D eigenvalue weighted by molar-refractivity contribution is 0.207. The molecule has 0 spiro atoms. The molecule has 0 aliphatic carbocycles. The number of rotatable bonds is 8. The number of anilines is 1. The predicted molar refractivity (Wildman–Crippen MR) is 122 cm³/mol. The second-order valence-corrected chi connectivity index (χ2v) is 8.51. The van der Waals surface area contributed by atoms with E-state index in [1.807, 2.05) is 51.1 Å². The van der Waals surface area contributed by atoms with E-state index >= 15 is 0 Å². The Labute approximate surface area is 185 Å². The molecule has 8 heteroatoms. The first-order valence-corrected chi connectivity index (χ1v) is 11.1. The summed E-state index contributed by atoms with van der Waals surface area (Å²) in [6.07, 6.45) is 0. The second kappa shape index (κ2) is 9.36. The van der Waals surface area contributed by atoms with Crippen molar-refractivity contribution in [3.05, 3.63) is 71.1 Å². The highest BCUT2D eigenvalue weighted by atomic mass is 32.1. The standard InChI is InChI=1S/C23H26N4O3S/c1-4-24-22(28)26-23-25-20-10-7-17(11-21(20)31-23)12-27(13-18-8-5-15(2)29-18)14-19-9-6-16(3)30-19/h5-11H,4,12-14H2,1-3H3,(H2,24,25,26,28). The molecule has 3 heterocycles. The van der Waals surface area contributed by atoms with Gasteiger partial charge in [0.1, 0.15) is 23.0 Å². The Morgan fingerprint density at radius 2 is 1.68 bits per heavy atom. The van der Waals surface area contributed by atoms with Gasteiger partial charge in [0, 0.05) is 13.1 Å². The van der Waals surface area contributed by atoms with Crippen LogP contribution in [0.15, 0.2) is 51.3 Å². The van der Waals surface area contributed by atoms with Crippen LogP contribution in [-0.4, -0.2) is 22.5 Å². The number of fused-ring (bicyclic) bond motifs is 1. The number of amides is 2. The van der Waals surface area contributed by atoms with Gasteiger partial charge in [0.25, 0.3) is 0 Å². The molecule has 0 aliphatic rings. The fraction of sp³-hybridized carbons (Fsp3) is 0.304. The van der Waals surface area contributed by atoms with Gasteiger partial charge in [-0.1, -0.05) is 17.4 Å². The summed E-state index contributed by atoms with van der Waals surface area (Å²) in [6, 6.07) is 14.0. The molecule has 2 N–H and O–H groups in total.